The number of anilines is 1. The summed E-state index contributed by atoms with van der Waals surface area (Å²) in [6.07, 6.45) is 6.97. The summed E-state index contributed by atoms with van der Waals surface area (Å²) in [4.78, 5) is 16.3. The van der Waals surface area contributed by atoms with Gasteiger partial charge in [0.15, 0.2) is 0 Å². The Morgan fingerprint density at radius 2 is 1.53 bits per heavy atom. The second-order valence-corrected chi connectivity index (χ2v) is 13.8. The van der Waals surface area contributed by atoms with Crippen LogP contribution in [0.3, 0.4) is 0 Å². The van der Waals surface area contributed by atoms with Gasteiger partial charge in [0, 0.05) is 29.0 Å². The Labute approximate surface area is 293 Å². The summed E-state index contributed by atoms with van der Waals surface area (Å²) in [5.74, 6) is 0.907. The molecule has 0 aliphatic rings. The Kier molecular flexibility index (Phi) is 9.87. The Balaban J connectivity index is 1.26. The third-order valence-electron chi connectivity index (χ3n) is 7.50. The molecule has 246 valence electrons. The fourth-order valence-electron chi connectivity index (χ4n) is 5.18. The van der Waals surface area contributed by atoms with E-state index in [4.69, 9.17) is 32.9 Å². The number of carbonyl (C=O) groups is 1. The second-order valence-electron chi connectivity index (χ2n) is 11.2. The SMILES string of the molecule is CS(=O)(=O)Nc1ccc(Oc2ccc(-c3ccccc3C=Cc3nc(-c4ccc(Cl)cc4Cl)cn3Cc3ccc(C(=O)O)cc3)cc2)cc1. The van der Waals surface area contributed by atoms with Gasteiger partial charge in [0.1, 0.15) is 17.3 Å². The van der Waals surface area contributed by atoms with E-state index in [1.807, 2.05) is 77.5 Å². The van der Waals surface area contributed by atoms with Gasteiger partial charge in [-0.3, -0.25) is 4.72 Å². The highest BCUT2D eigenvalue weighted by Gasteiger charge is 2.13. The average molecular weight is 711 g/mol. The summed E-state index contributed by atoms with van der Waals surface area (Å²) in [6, 6.07) is 34.4. The van der Waals surface area contributed by atoms with Gasteiger partial charge in [0.05, 0.1) is 22.5 Å². The van der Waals surface area contributed by atoms with Crippen LogP contribution in [0.2, 0.25) is 10.0 Å². The molecule has 6 aromatic rings. The molecular weight excluding hydrogens is 681 g/mol. The van der Waals surface area contributed by atoms with Gasteiger partial charge < -0.3 is 14.4 Å². The number of rotatable bonds is 11. The van der Waals surface area contributed by atoms with Gasteiger partial charge in [-0.15, -0.1) is 0 Å². The van der Waals surface area contributed by atoms with Crippen molar-refractivity contribution in [2.45, 2.75) is 6.54 Å². The van der Waals surface area contributed by atoms with Gasteiger partial charge in [0.2, 0.25) is 10.0 Å². The number of hydrogen-bond acceptors (Lipinski definition) is 5. The lowest BCUT2D eigenvalue weighted by Gasteiger charge is -2.10. The Hall–Kier alpha value is -5.35. The van der Waals surface area contributed by atoms with E-state index in [2.05, 4.69) is 4.72 Å². The van der Waals surface area contributed by atoms with E-state index in [1.165, 1.54) is 0 Å². The molecule has 0 amide bonds. The number of carboxylic acid groups (broad SMARTS) is 1. The predicted octanol–water partition coefficient (Wildman–Crippen LogP) is 9.60. The van der Waals surface area contributed by atoms with E-state index in [0.29, 0.717) is 45.3 Å². The Morgan fingerprint density at radius 3 is 2.18 bits per heavy atom. The number of nitrogens with zero attached hydrogens (tertiary/aromatic N) is 2. The monoisotopic (exact) mass is 709 g/mol. The molecule has 2 N–H and O–H groups in total. The number of ether oxygens (including phenoxy) is 1. The van der Waals surface area contributed by atoms with E-state index in [9.17, 15) is 18.3 Å². The van der Waals surface area contributed by atoms with Crippen LogP contribution in [-0.4, -0.2) is 35.3 Å². The van der Waals surface area contributed by atoms with Crippen molar-refractivity contribution in [2.75, 3.05) is 11.0 Å². The molecule has 0 spiro atoms. The molecule has 1 heterocycles. The quantitative estimate of drug-likeness (QED) is 0.139. The van der Waals surface area contributed by atoms with Crippen molar-refractivity contribution in [2.24, 2.45) is 0 Å². The smallest absolute Gasteiger partial charge is 0.335 e. The first-order valence-corrected chi connectivity index (χ1v) is 17.6. The molecule has 1 aromatic heterocycles. The highest BCUT2D eigenvalue weighted by atomic mass is 35.5. The molecule has 0 saturated heterocycles. The first-order chi connectivity index (χ1) is 23.5. The fourth-order valence-corrected chi connectivity index (χ4v) is 6.25. The fraction of sp³-hybridized carbons (Fsp3) is 0.0526. The molecule has 0 aliphatic carbocycles. The van der Waals surface area contributed by atoms with Crippen LogP contribution in [0.5, 0.6) is 11.5 Å². The summed E-state index contributed by atoms with van der Waals surface area (Å²) in [5.41, 5.74) is 5.96. The normalized spacial score (nSPS) is 11.5. The van der Waals surface area contributed by atoms with Gasteiger partial charge in [-0.1, -0.05) is 77.8 Å². The predicted molar refractivity (Wildman–Crippen MR) is 196 cm³/mol. The Morgan fingerprint density at radius 1 is 0.857 bits per heavy atom. The zero-order valence-electron chi connectivity index (χ0n) is 26.0. The van der Waals surface area contributed by atoms with Crippen LogP contribution < -0.4 is 9.46 Å². The molecule has 0 atom stereocenters. The van der Waals surface area contributed by atoms with Gasteiger partial charge in [0.25, 0.3) is 0 Å². The van der Waals surface area contributed by atoms with E-state index in [1.54, 1.807) is 60.7 Å². The Bertz CT molecular complexity index is 2270. The molecular formula is C38H29Cl2N3O5S. The highest BCUT2D eigenvalue weighted by molar-refractivity contribution is 7.92. The topological polar surface area (TPSA) is 111 Å². The third-order valence-corrected chi connectivity index (χ3v) is 8.65. The van der Waals surface area contributed by atoms with Gasteiger partial charge in [-0.05, 0) is 95.1 Å². The highest BCUT2D eigenvalue weighted by Crippen LogP contribution is 2.32. The van der Waals surface area contributed by atoms with Crippen molar-refractivity contribution >= 4 is 57.0 Å². The number of halogens is 2. The molecule has 6 rings (SSSR count). The number of benzene rings is 5. The molecule has 0 fully saturated rings. The zero-order valence-corrected chi connectivity index (χ0v) is 28.4. The first-order valence-electron chi connectivity index (χ1n) is 15.0. The van der Waals surface area contributed by atoms with Gasteiger partial charge in [-0.25, -0.2) is 18.2 Å². The minimum Gasteiger partial charge on any atom is -0.478 e. The molecule has 11 heteroatoms. The van der Waals surface area contributed by atoms with Crippen LogP contribution in [0.15, 0.2) is 121 Å². The molecule has 0 radical (unpaired) electrons. The van der Waals surface area contributed by atoms with Crippen molar-refractivity contribution in [1.29, 1.82) is 0 Å². The maximum absolute atomic E-state index is 11.5. The summed E-state index contributed by atoms with van der Waals surface area (Å²) in [6.45, 7) is 0.456. The number of sulfonamides is 1. The molecule has 0 aliphatic heterocycles. The van der Waals surface area contributed by atoms with Crippen LogP contribution in [-0.2, 0) is 16.6 Å². The number of hydrogen-bond donors (Lipinski definition) is 2. The number of aromatic nitrogens is 2. The number of nitrogens with one attached hydrogen (secondary N) is 1. The van der Waals surface area contributed by atoms with Crippen LogP contribution in [0.4, 0.5) is 5.69 Å². The van der Waals surface area contributed by atoms with E-state index >= 15 is 0 Å². The largest absolute Gasteiger partial charge is 0.478 e. The standard InChI is InChI=1S/C38H29Cl2N3O5S/c1-49(46,47)42-30-14-18-32(19-15-30)48-31-16-10-27(11-17-31)33-5-3-2-4-26(33)12-21-37-41-36(34-20-13-29(39)22-35(34)40)24-43(37)23-25-6-8-28(9-7-25)38(44)45/h2-22,24,42H,23H2,1H3,(H,44,45). The minimum atomic E-state index is -3.36. The summed E-state index contributed by atoms with van der Waals surface area (Å²) < 4.78 is 33.3. The lowest BCUT2D eigenvalue weighted by atomic mass is 9.99. The maximum atomic E-state index is 11.5. The number of aromatic carboxylic acids is 1. The molecule has 8 nitrogen and oxygen atoms in total. The summed E-state index contributed by atoms with van der Waals surface area (Å²) in [5, 5.41) is 10.3. The summed E-state index contributed by atoms with van der Waals surface area (Å²) >= 11 is 12.7. The molecule has 0 unspecified atom stereocenters. The van der Waals surface area contributed by atoms with E-state index in [-0.39, 0.29) is 5.56 Å². The van der Waals surface area contributed by atoms with Gasteiger partial charge >= 0.3 is 5.97 Å². The third kappa shape index (κ3) is 8.58. The van der Waals surface area contributed by atoms with Crippen molar-refractivity contribution in [3.05, 3.63) is 154 Å². The molecule has 0 bridgehead atoms. The molecule has 49 heavy (non-hydrogen) atoms. The van der Waals surface area contributed by atoms with E-state index < -0.39 is 16.0 Å². The van der Waals surface area contributed by atoms with E-state index in [0.717, 1.165) is 34.1 Å². The zero-order chi connectivity index (χ0) is 34.5. The first kappa shape index (κ1) is 33.5. The van der Waals surface area contributed by atoms with Crippen LogP contribution in [0.25, 0.3) is 34.5 Å². The lowest BCUT2D eigenvalue weighted by molar-refractivity contribution is 0.0697. The van der Waals surface area contributed by atoms with Crippen LogP contribution >= 0.6 is 23.2 Å². The van der Waals surface area contributed by atoms with Crippen molar-refractivity contribution < 1.29 is 23.1 Å². The molecule has 5 aromatic carbocycles. The van der Waals surface area contributed by atoms with Crippen molar-refractivity contribution in [1.82, 2.24) is 9.55 Å². The summed E-state index contributed by atoms with van der Waals surface area (Å²) in [7, 11) is -3.36. The average Bonchev–Trinajstić information content (AvgIpc) is 3.46. The van der Waals surface area contributed by atoms with Crippen molar-refractivity contribution in [3.63, 3.8) is 0 Å². The minimum absolute atomic E-state index is 0.220. The van der Waals surface area contributed by atoms with Crippen LogP contribution in [0.1, 0.15) is 27.3 Å². The number of carboxylic acids is 1. The molecule has 0 saturated carbocycles. The van der Waals surface area contributed by atoms with Gasteiger partial charge in [-0.2, -0.15) is 0 Å². The maximum Gasteiger partial charge on any atom is 0.335 e. The van der Waals surface area contributed by atoms with Crippen molar-refractivity contribution in [3.8, 4) is 33.9 Å². The lowest BCUT2D eigenvalue weighted by Crippen LogP contribution is -2.09. The van der Waals surface area contributed by atoms with Crippen LogP contribution in [0, 0.1) is 0 Å². The second kappa shape index (κ2) is 14.4. The number of imidazole rings is 1.